The van der Waals surface area contributed by atoms with E-state index in [1.807, 2.05) is 77.2 Å². The maximum Gasteiger partial charge on any atom is 0.264 e. The summed E-state index contributed by atoms with van der Waals surface area (Å²) in [6.07, 6.45) is 1.13. The number of piperidine rings is 1. The Kier molecular flexibility index (Phi) is 6.23. The van der Waals surface area contributed by atoms with Crippen LogP contribution in [-0.2, 0) is 6.54 Å². The van der Waals surface area contributed by atoms with Crippen molar-refractivity contribution in [3.8, 4) is 0 Å². The predicted molar refractivity (Wildman–Crippen MR) is 133 cm³/mol. The third-order valence-electron chi connectivity index (χ3n) is 6.48. The van der Waals surface area contributed by atoms with Crippen LogP contribution < -0.4 is 0 Å². The molecule has 33 heavy (non-hydrogen) atoms. The largest absolute Gasteiger partial charge is 0.388 e. The van der Waals surface area contributed by atoms with Gasteiger partial charge in [-0.15, -0.1) is 11.3 Å². The van der Waals surface area contributed by atoms with Gasteiger partial charge in [0.05, 0.1) is 23.2 Å². The first-order valence-electron chi connectivity index (χ1n) is 11.2. The van der Waals surface area contributed by atoms with E-state index < -0.39 is 6.10 Å². The maximum absolute atomic E-state index is 13.3. The lowest BCUT2D eigenvalue weighted by molar-refractivity contribution is 0.0465. The smallest absolute Gasteiger partial charge is 0.264 e. The van der Waals surface area contributed by atoms with Crippen molar-refractivity contribution in [2.75, 3.05) is 13.1 Å². The molecule has 0 saturated carbocycles. The van der Waals surface area contributed by atoms with Gasteiger partial charge in [-0.2, -0.15) is 5.10 Å². The zero-order chi connectivity index (χ0) is 22.9. The molecule has 1 aliphatic heterocycles. The van der Waals surface area contributed by atoms with Gasteiger partial charge in [0.15, 0.2) is 0 Å². The second kappa shape index (κ2) is 9.29. The molecule has 5 nitrogen and oxygen atoms in total. The molecule has 1 unspecified atom stereocenters. The molecule has 1 saturated heterocycles. The Hall–Kier alpha value is -2.67. The lowest BCUT2D eigenvalue weighted by atomic mass is 9.87. The molecule has 1 aliphatic rings. The molecule has 0 radical (unpaired) electrons. The highest BCUT2D eigenvalue weighted by atomic mass is 35.5. The Bertz CT molecular complexity index is 1260. The highest BCUT2D eigenvalue weighted by Gasteiger charge is 2.29. The van der Waals surface area contributed by atoms with Gasteiger partial charge < -0.3 is 10.0 Å². The predicted octanol–water partition coefficient (Wildman–Crippen LogP) is 5.69. The molecule has 3 heterocycles. The highest BCUT2D eigenvalue weighted by molar-refractivity contribution is 7.20. The average Bonchev–Trinajstić information content (AvgIpc) is 3.41. The fraction of sp³-hybridized carbons (Fsp3) is 0.308. The number of aromatic nitrogens is 2. The van der Waals surface area contributed by atoms with Crippen LogP contribution in [0.2, 0.25) is 5.02 Å². The Morgan fingerprint density at radius 3 is 2.55 bits per heavy atom. The van der Waals surface area contributed by atoms with Crippen molar-refractivity contribution in [3.05, 3.63) is 87.4 Å². The van der Waals surface area contributed by atoms with E-state index in [9.17, 15) is 9.90 Å². The van der Waals surface area contributed by atoms with Crippen LogP contribution >= 0.6 is 22.9 Å². The van der Waals surface area contributed by atoms with Gasteiger partial charge in [-0.05, 0) is 55.0 Å². The molecule has 7 heteroatoms. The Morgan fingerprint density at radius 1 is 1.15 bits per heavy atom. The van der Waals surface area contributed by atoms with Gasteiger partial charge in [0.2, 0.25) is 0 Å². The standard InChI is InChI=1S/C26H26ClN3O2S/c1-17-22-15-23(33-26(22)30(28-17)16-18-7-9-21(27)10-8-18)25(32)29-13-11-20(12-14-29)24(31)19-5-3-2-4-6-19/h2-10,15,20,24,31H,11-14,16H2,1H3. The molecule has 4 aromatic rings. The van der Waals surface area contributed by atoms with Crippen LogP contribution in [0.5, 0.6) is 0 Å². The minimum absolute atomic E-state index is 0.0706. The Balaban J connectivity index is 1.29. The van der Waals surface area contributed by atoms with Crippen molar-refractivity contribution >= 4 is 39.1 Å². The number of hydrogen-bond acceptors (Lipinski definition) is 4. The fourth-order valence-electron chi connectivity index (χ4n) is 4.58. The lowest BCUT2D eigenvalue weighted by Gasteiger charge is -2.34. The Labute approximate surface area is 202 Å². The van der Waals surface area contributed by atoms with Gasteiger partial charge in [-0.3, -0.25) is 9.48 Å². The highest BCUT2D eigenvalue weighted by Crippen LogP contribution is 2.33. The quantitative estimate of drug-likeness (QED) is 0.400. The minimum Gasteiger partial charge on any atom is -0.388 e. The molecule has 1 atom stereocenters. The molecule has 170 valence electrons. The molecule has 1 N–H and O–H groups in total. The van der Waals surface area contributed by atoms with Gasteiger partial charge in [0.1, 0.15) is 4.83 Å². The number of amides is 1. The van der Waals surface area contributed by atoms with E-state index in [1.54, 1.807) is 0 Å². The van der Waals surface area contributed by atoms with Gasteiger partial charge >= 0.3 is 0 Å². The molecule has 2 aromatic heterocycles. The first-order chi connectivity index (χ1) is 16.0. The zero-order valence-electron chi connectivity index (χ0n) is 18.4. The number of rotatable bonds is 5. The molecular formula is C26H26ClN3O2S. The van der Waals surface area contributed by atoms with E-state index >= 15 is 0 Å². The molecule has 0 aliphatic carbocycles. The van der Waals surface area contributed by atoms with E-state index in [0.29, 0.717) is 24.7 Å². The summed E-state index contributed by atoms with van der Waals surface area (Å²) in [6, 6.07) is 19.5. The first-order valence-corrected chi connectivity index (χ1v) is 12.4. The Morgan fingerprint density at radius 2 is 1.85 bits per heavy atom. The van der Waals surface area contributed by atoms with Crippen molar-refractivity contribution in [1.29, 1.82) is 0 Å². The summed E-state index contributed by atoms with van der Waals surface area (Å²) < 4.78 is 1.97. The number of thiophene rings is 1. The normalized spacial score (nSPS) is 15.8. The average molecular weight is 480 g/mol. The van der Waals surface area contributed by atoms with E-state index in [4.69, 9.17) is 11.6 Å². The van der Waals surface area contributed by atoms with Crippen molar-refractivity contribution in [2.45, 2.75) is 32.4 Å². The van der Waals surface area contributed by atoms with Crippen molar-refractivity contribution in [2.24, 2.45) is 5.92 Å². The monoisotopic (exact) mass is 479 g/mol. The molecule has 0 bridgehead atoms. The molecule has 0 spiro atoms. The molecule has 1 amide bonds. The fourth-order valence-corrected chi connectivity index (χ4v) is 5.84. The number of carbonyl (C=O) groups excluding carboxylic acids is 1. The van der Waals surface area contributed by atoms with Crippen molar-refractivity contribution in [3.63, 3.8) is 0 Å². The van der Waals surface area contributed by atoms with Crippen LogP contribution in [0, 0.1) is 12.8 Å². The number of nitrogens with zero attached hydrogens (tertiary/aromatic N) is 3. The van der Waals surface area contributed by atoms with Gasteiger partial charge in [0.25, 0.3) is 5.91 Å². The van der Waals surface area contributed by atoms with E-state index in [-0.39, 0.29) is 11.8 Å². The molecule has 5 rings (SSSR count). The van der Waals surface area contributed by atoms with Crippen LogP contribution in [0.3, 0.4) is 0 Å². The summed E-state index contributed by atoms with van der Waals surface area (Å²) in [5, 5.41) is 17.2. The number of aliphatic hydroxyl groups excluding tert-OH is 1. The third-order valence-corrected chi connectivity index (χ3v) is 7.87. The number of benzene rings is 2. The van der Waals surface area contributed by atoms with Crippen molar-refractivity contribution in [1.82, 2.24) is 14.7 Å². The van der Waals surface area contributed by atoms with Gasteiger partial charge in [-0.1, -0.05) is 54.1 Å². The topological polar surface area (TPSA) is 58.4 Å². The van der Waals surface area contributed by atoms with E-state index in [0.717, 1.165) is 44.8 Å². The summed E-state index contributed by atoms with van der Waals surface area (Å²) in [6.45, 7) is 3.95. The zero-order valence-corrected chi connectivity index (χ0v) is 20.0. The van der Waals surface area contributed by atoms with E-state index in [1.165, 1.54) is 11.3 Å². The third kappa shape index (κ3) is 4.56. The van der Waals surface area contributed by atoms with Crippen LogP contribution in [0.15, 0.2) is 60.7 Å². The summed E-state index contributed by atoms with van der Waals surface area (Å²) >= 11 is 7.51. The number of carbonyl (C=O) groups is 1. The number of halogens is 1. The second-order valence-corrected chi connectivity index (χ2v) is 10.2. The summed E-state index contributed by atoms with van der Waals surface area (Å²) in [5.74, 6) is 0.246. The first kappa shape index (κ1) is 22.1. The van der Waals surface area contributed by atoms with Crippen LogP contribution in [-0.4, -0.2) is 38.8 Å². The number of hydrogen-bond donors (Lipinski definition) is 1. The number of fused-ring (bicyclic) bond motifs is 1. The van der Waals surface area contributed by atoms with Crippen molar-refractivity contribution < 1.29 is 9.90 Å². The SMILES string of the molecule is Cc1nn(Cc2ccc(Cl)cc2)c2sc(C(=O)N3CCC(C(O)c4ccccc4)CC3)cc12. The minimum atomic E-state index is -0.478. The van der Waals surface area contributed by atoms with Gasteiger partial charge in [-0.25, -0.2) is 0 Å². The van der Waals surface area contributed by atoms with Gasteiger partial charge in [0, 0.05) is 23.5 Å². The van der Waals surface area contributed by atoms with E-state index in [2.05, 4.69) is 5.10 Å². The molecule has 1 fully saturated rings. The summed E-state index contributed by atoms with van der Waals surface area (Å²) in [7, 11) is 0. The van der Waals surface area contributed by atoms with Crippen LogP contribution in [0.1, 0.15) is 45.4 Å². The van der Waals surface area contributed by atoms with Crippen LogP contribution in [0.25, 0.3) is 10.2 Å². The molecule has 2 aromatic carbocycles. The summed E-state index contributed by atoms with van der Waals surface area (Å²) in [4.78, 5) is 16.9. The lowest BCUT2D eigenvalue weighted by Crippen LogP contribution is -2.39. The maximum atomic E-state index is 13.3. The summed E-state index contributed by atoms with van der Waals surface area (Å²) in [5.41, 5.74) is 3.00. The second-order valence-electron chi connectivity index (χ2n) is 8.68. The molecular weight excluding hydrogens is 454 g/mol. The number of aliphatic hydroxyl groups is 1. The number of likely N-dealkylation sites (tertiary alicyclic amines) is 1. The number of aryl methyl sites for hydroxylation is 1. The van der Waals surface area contributed by atoms with Crippen LogP contribution in [0.4, 0.5) is 0 Å².